The van der Waals surface area contributed by atoms with E-state index in [4.69, 9.17) is 16.3 Å². The summed E-state index contributed by atoms with van der Waals surface area (Å²) in [5.74, 6) is -0.277. The first-order valence-electron chi connectivity index (χ1n) is 4.21. The van der Waals surface area contributed by atoms with Gasteiger partial charge >= 0.3 is 0 Å². The van der Waals surface area contributed by atoms with Crippen LogP contribution in [0.3, 0.4) is 0 Å². The van der Waals surface area contributed by atoms with Crippen molar-refractivity contribution in [2.75, 3.05) is 0 Å². The van der Waals surface area contributed by atoms with Crippen LogP contribution in [0.1, 0.15) is 5.69 Å². The quantitative estimate of drug-likeness (QED) is 0.864. The lowest BCUT2D eigenvalue weighted by Crippen LogP contribution is -1.98. The minimum atomic E-state index is -0.428. The fourth-order valence-electron chi connectivity index (χ4n) is 1.02. The third-order valence-electron chi connectivity index (χ3n) is 1.77. The fourth-order valence-corrected chi connectivity index (χ4v) is 1.96. The van der Waals surface area contributed by atoms with Crippen LogP contribution in [0.15, 0.2) is 22.7 Å². The molecule has 3 nitrogen and oxygen atoms in total. The topological polar surface area (TPSA) is 35.0 Å². The largest absolute Gasteiger partial charge is 0.484 e. The summed E-state index contributed by atoms with van der Waals surface area (Å²) in [6.45, 7) is 0.0999. The smallest absolute Gasteiger partial charge is 0.165 e. The Bertz CT molecular complexity index is 508. The van der Waals surface area contributed by atoms with Gasteiger partial charge in [-0.3, -0.25) is 0 Å². The predicted molar refractivity (Wildman–Crippen MR) is 63.4 cm³/mol. The predicted octanol–water partition coefficient (Wildman–Crippen LogP) is 3.67. The van der Waals surface area contributed by atoms with Crippen molar-refractivity contribution in [1.82, 2.24) is 9.59 Å². The highest BCUT2D eigenvalue weighted by Gasteiger charge is 2.08. The lowest BCUT2D eigenvalue weighted by Gasteiger charge is -2.05. The van der Waals surface area contributed by atoms with Crippen LogP contribution in [0.5, 0.6) is 5.75 Å². The average Bonchev–Trinajstić information content (AvgIpc) is 2.66. The molecule has 0 aliphatic rings. The molecule has 0 fully saturated rings. The molecule has 0 bridgehead atoms. The summed E-state index contributed by atoms with van der Waals surface area (Å²) in [5, 5.41) is 3.76. The molecule has 1 aromatic heterocycles. The molecule has 0 saturated heterocycles. The van der Waals surface area contributed by atoms with Gasteiger partial charge in [0.1, 0.15) is 16.6 Å². The second-order valence-electron chi connectivity index (χ2n) is 2.86. The first-order valence-corrected chi connectivity index (χ1v) is 6.16. The van der Waals surface area contributed by atoms with E-state index in [9.17, 15) is 4.39 Å². The monoisotopic (exact) mass is 322 g/mol. The maximum absolute atomic E-state index is 13.3. The Morgan fingerprint density at radius 2 is 2.31 bits per heavy atom. The number of rotatable bonds is 3. The van der Waals surface area contributed by atoms with Crippen LogP contribution in [0.4, 0.5) is 4.39 Å². The zero-order chi connectivity index (χ0) is 11.5. The summed E-state index contributed by atoms with van der Waals surface area (Å²) >= 11 is 10.1. The molecule has 0 aliphatic carbocycles. The van der Waals surface area contributed by atoms with Crippen LogP contribution >= 0.6 is 39.1 Å². The van der Waals surface area contributed by atoms with Crippen molar-refractivity contribution in [3.8, 4) is 5.75 Å². The van der Waals surface area contributed by atoms with E-state index in [2.05, 4.69) is 25.5 Å². The summed E-state index contributed by atoms with van der Waals surface area (Å²) in [6, 6.07) is 4.46. The van der Waals surface area contributed by atoms with Crippen molar-refractivity contribution in [2.24, 2.45) is 0 Å². The second-order valence-corrected chi connectivity index (χ2v) is 5.13. The zero-order valence-electron chi connectivity index (χ0n) is 7.78. The molecule has 0 radical (unpaired) electrons. The van der Waals surface area contributed by atoms with Gasteiger partial charge in [0.2, 0.25) is 0 Å². The zero-order valence-corrected chi connectivity index (χ0v) is 10.9. The summed E-state index contributed by atoms with van der Waals surface area (Å²) in [7, 11) is 0. The van der Waals surface area contributed by atoms with Crippen molar-refractivity contribution < 1.29 is 9.13 Å². The van der Waals surface area contributed by atoms with Gasteiger partial charge in [0.15, 0.2) is 11.6 Å². The Kier molecular flexibility index (Phi) is 3.73. The molecule has 0 amide bonds. The highest BCUT2D eigenvalue weighted by atomic mass is 79.9. The highest BCUT2D eigenvalue weighted by Crippen LogP contribution is 2.24. The summed E-state index contributed by atoms with van der Waals surface area (Å²) in [5.41, 5.74) is 0.506. The minimum Gasteiger partial charge on any atom is -0.484 e. The number of nitrogens with zero attached hydrogens (tertiary/aromatic N) is 2. The standard InChI is InChI=1S/C9H5BrClFN2OS/c10-5-1-2-6(12)8(3-5)15-4-7-9(11)16-14-13-7/h1-3H,4H2. The Morgan fingerprint density at radius 1 is 1.50 bits per heavy atom. The van der Waals surface area contributed by atoms with Crippen LogP contribution in [-0.4, -0.2) is 9.59 Å². The minimum absolute atomic E-state index is 0.0999. The molecule has 7 heteroatoms. The third kappa shape index (κ3) is 2.69. The van der Waals surface area contributed by atoms with E-state index >= 15 is 0 Å². The molecule has 0 atom stereocenters. The van der Waals surface area contributed by atoms with E-state index in [1.54, 1.807) is 12.1 Å². The van der Waals surface area contributed by atoms with Gasteiger partial charge in [-0.15, -0.1) is 5.10 Å². The number of hydrogen-bond donors (Lipinski definition) is 0. The van der Waals surface area contributed by atoms with Crippen molar-refractivity contribution in [3.63, 3.8) is 0 Å². The van der Waals surface area contributed by atoms with E-state index in [0.717, 1.165) is 16.0 Å². The van der Waals surface area contributed by atoms with E-state index in [1.807, 2.05) is 0 Å². The van der Waals surface area contributed by atoms with Gasteiger partial charge in [-0.25, -0.2) is 4.39 Å². The summed E-state index contributed by atoms with van der Waals surface area (Å²) in [6.07, 6.45) is 0. The Labute approximate surface area is 108 Å². The Balaban J connectivity index is 2.10. The van der Waals surface area contributed by atoms with E-state index in [1.165, 1.54) is 6.07 Å². The van der Waals surface area contributed by atoms with Crippen LogP contribution in [0.2, 0.25) is 4.34 Å². The van der Waals surface area contributed by atoms with Crippen LogP contribution < -0.4 is 4.74 Å². The molecule has 0 aliphatic heterocycles. The van der Waals surface area contributed by atoms with E-state index in [0.29, 0.717) is 10.0 Å². The highest BCUT2D eigenvalue weighted by molar-refractivity contribution is 9.10. The van der Waals surface area contributed by atoms with Crippen molar-refractivity contribution in [2.45, 2.75) is 6.61 Å². The number of halogens is 3. The molecule has 0 unspecified atom stereocenters. The van der Waals surface area contributed by atoms with E-state index in [-0.39, 0.29) is 12.4 Å². The maximum Gasteiger partial charge on any atom is 0.165 e. The fraction of sp³-hybridized carbons (Fsp3) is 0.111. The number of ether oxygens (including phenoxy) is 1. The number of benzene rings is 1. The molecular formula is C9H5BrClFN2OS. The van der Waals surface area contributed by atoms with Gasteiger partial charge < -0.3 is 4.74 Å². The summed E-state index contributed by atoms with van der Waals surface area (Å²) < 4.78 is 23.4. The second kappa shape index (κ2) is 5.07. The molecule has 0 N–H and O–H groups in total. The number of hydrogen-bond acceptors (Lipinski definition) is 4. The van der Waals surface area contributed by atoms with Gasteiger partial charge in [0.25, 0.3) is 0 Å². The number of aromatic nitrogens is 2. The third-order valence-corrected chi connectivity index (χ3v) is 3.24. The first kappa shape index (κ1) is 11.8. The van der Waals surface area contributed by atoms with Gasteiger partial charge in [-0.05, 0) is 18.2 Å². The van der Waals surface area contributed by atoms with Crippen molar-refractivity contribution >= 4 is 39.1 Å². The van der Waals surface area contributed by atoms with Crippen LogP contribution in [-0.2, 0) is 6.61 Å². The van der Waals surface area contributed by atoms with Gasteiger partial charge in [-0.2, -0.15) is 0 Å². The molecule has 0 spiro atoms. The molecular weight excluding hydrogens is 319 g/mol. The van der Waals surface area contributed by atoms with Crippen LogP contribution in [0, 0.1) is 5.82 Å². The van der Waals surface area contributed by atoms with E-state index < -0.39 is 5.82 Å². The first-order chi connectivity index (χ1) is 7.66. The normalized spacial score (nSPS) is 10.4. The molecule has 1 aromatic carbocycles. The molecule has 2 aromatic rings. The Morgan fingerprint density at radius 3 is 3.00 bits per heavy atom. The summed E-state index contributed by atoms with van der Waals surface area (Å²) in [4.78, 5) is 0. The average molecular weight is 324 g/mol. The van der Waals surface area contributed by atoms with Crippen LogP contribution in [0.25, 0.3) is 0 Å². The lowest BCUT2D eigenvalue weighted by atomic mass is 10.3. The van der Waals surface area contributed by atoms with Gasteiger partial charge in [-0.1, -0.05) is 32.0 Å². The SMILES string of the molecule is Fc1ccc(Br)cc1OCc1nnsc1Cl. The van der Waals surface area contributed by atoms with Crippen molar-refractivity contribution in [1.29, 1.82) is 0 Å². The van der Waals surface area contributed by atoms with Crippen molar-refractivity contribution in [3.05, 3.63) is 38.5 Å². The maximum atomic E-state index is 13.3. The van der Waals surface area contributed by atoms with Gasteiger partial charge in [0.05, 0.1) is 0 Å². The van der Waals surface area contributed by atoms with Gasteiger partial charge in [0, 0.05) is 16.0 Å². The molecule has 0 saturated carbocycles. The molecule has 84 valence electrons. The molecule has 1 heterocycles. The molecule has 2 rings (SSSR count). The lowest BCUT2D eigenvalue weighted by molar-refractivity contribution is 0.285. The molecule has 16 heavy (non-hydrogen) atoms. The Hall–Kier alpha value is -0.720.